The molecule has 0 atom stereocenters. The first-order valence-corrected chi connectivity index (χ1v) is 6.61. The van der Waals surface area contributed by atoms with E-state index in [1.54, 1.807) is 12.1 Å². The van der Waals surface area contributed by atoms with E-state index in [1.807, 2.05) is 6.92 Å². The van der Waals surface area contributed by atoms with Crippen LogP contribution < -0.4 is 10.5 Å². The first-order chi connectivity index (χ1) is 8.65. The summed E-state index contributed by atoms with van der Waals surface area (Å²) in [7, 11) is 0. The summed E-state index contributed by atoms with van der Waals surface area (Å²) in [5, 5.41) is 7.45. The maximum Gasteiger partial charge on any atom is 0.214 e. The Kier molecular flexibility index (Phi) is 4.18. The number of nitrogens with one attached hydrogen (secondary N) is 1. The summed E-state index contributed by atoms with van der Waals surface area (Å²) >= 11 is 0. The van der Waals surface area contributed by atoms with E-state index in [-0.39, 0.29) is 5.84 Å². The summed E-state index contributed by atoms with van der Waals surface area (Å²) < 4.78 is 5.75. The number of rotatable bonds is 4. The zero-order valence-electron chi connectivity index (χ0n) is 10.9. The minimum Gasteiger partial charge on any atom is -0.477 e. The van der Waals surface area contributed by atoms with Crippen molar-refractivity contribution in [3.63, 3.8) is 0 Å². The van der Waals surface area contributed by atoms with Crippen LogP contribution in [0.4, 0.5) is 0 Å². The number of aryl methyl sites for hydroxylation is 1. The van der Waals surface area contributed by atoms with Gasteiger partial charge < -0.3 is 10.5 Å². The zero-order valence-corrected chi connectivity index (χ0v) is 10.9. The van der Waals surface area contributed by atoms with E-state index >= 15 is 0 Å². The van der Waals surface area contributed by atoms with E-state index in [4.69, 9.17) is 15.9 Å². The number of hydrogen-bond donors (Lipinski definition) is 2. The van der Waals surface area contributed by atoms with Crippen molar-refractivity contribution in [2.24, 2.45) is 11.7 Å². The lowest BCUT2D eigenvalue weighted by molar-refractivity contribution is 0.202. The van der Waals surface area contributed by atoms with Gasteiger partial charge in [0.2, 0.25) is 5.88 Å². The first kappa shape index (κ1) is 12.9. The SMILES string of the molecule is Cc1cc(C(=N)N)cc(OCC2CCCCC2)n1. The van der Waals surface area contributed by atoms with Crippen LogP contribution in [0.3, 0.4) is 0 Å². The first-order valence-electron chi connectivity index (χ1n) is 6.61. The van der Waals surface area contributed by atoms with Crippen LogP contribution in [0.15, 0.2) is 12.1 Å². The molecule has 2 rings (SSSR count). The van der Waals surface area contributed by atoms with Crippen LogP contribution in [0.25, 0.3) is 0 Å². The van der Waals surface area contributed by atoms with Crippen molar-refractivity contribution in [2.45, 2.75) is 39.0 Å². The number of nitrogens with two attached hydrogens (primary N) is 1. The van der Waals surface area contributed by atoms with Gasteiger partial charge in [-0.15, -0.1) is 0 Å². The monoisotopic (exact) mass is 247 g/mol. The molecule has 0 bridgehead atoms. The topological polar surface area (TPSA) is 72.0 Å². The van der Waals surface area contributed by atoms with E-state index in [0.29, 0.717) is 17.4 Å². The summed E-state index contributed by atoms with van der Waals surface area (Å²) in [6, 6.07) is 3.55. The molecule has 0 spiro atoms. The van der Waals surface area contributed by atoms with Crippen molar-refractivity contribution >= 4 is 5.84 Å². The number of amidine groups is 1. The molecule has 3 N–H and O–H groups in total. The minimum atomic E-state index is 0.0583. The fraction of sp³-hybridized carbons (Fsp3) is 0.571. The number of ether oxygens (including phenoxy) is 1. The molecule has 1 saturated carbocycles. The molecule has 1 aromatic heterocycles. The molecule has 1 aliphatic rings. The van der Waals surface area contributed by atoms with Gasteiger partial charge in [0.1, 0.15) is 5.84 Å². The molecule has 4 heteroatoms. The van der Waals surface area contributed by atoms with Crippen molar-refractivity contribution in [2.75, 3.05) is 6.61 Å². The third-order valence-electron chi connectivity index (χ3n) is 3.43. The fourth-order valence-electron chi connectivity index (χ4n) is 2.42. The van der Waals surface area contributed by atoms with Crippen LogP contribution >= 0.6 is 0 Å². The molecular formula is C14H21N3O. The second-order valence-corrected chi connectivity index (χ2v) is 5.06. The van der Waals surface area contributed by atoms with Crippen molar-refractivity contribution < 1.29 is 4.74 Å². The predicted octanol–water partition coefficient (Wildman–Crippen LogP) is 2.63. The molecule has 0 unspecified atom stereocenters. The van der Waals surface area contributed by atoms with Crippen molar-refractivity contribution in [1.29, 1.82) is 5.41 Å². The Hall–Kier alpha value is -1.58. The number of nitrogens with zero attached hydrogens (tertiary/aromatic N) is 1. The van der Waals surface area contributed by atoms with Crippen molar-refractivity contribution in [3.05, 3.63) is 23.4 Å². The van der Waals surface area contributed by atoms with Crippen LogP contribution in [0.1, 0.15) is 43.4 Å². The van der Waals surface area contributed by atoms with Crippen LogP contribution in [-0.4, -0.2) is 17.4 Å². The molecule has 0 aliphatic heterocycles. The van der Waals surface area contributed by atoms with Gasteiger partial charge in [0.05, 0.1) is 6.61 Å². The highest BCUT2D eigenvalue weighted by atomic mass is 16.5. The van der Waals surface area contributed by atoms with Gasteiger partial charge in [0.15, 0.2) is 0 Å². The van der Waals surface area contributed by atoms with Crippen LogP contribution in [0, 0.1) is 18.3 Å². The largest absolute Gasteiger partial charge is 0.477 e. The molecule has 0 radical (unpaired) electrons. The van der Waals surface area contributed by atoms with Gasteiger partial charge in [0.25, 0.3) is 0 Å². The summed E-state index contributed by atoms with van der Waals surface area (Å²) in [5.74, 6) is 1.30. The second-order valence-electron chi connectivity index (χ2n) is 5.06. The molecule has 1 heterocycles. The van der Waals surface area contributed by atoms with Gasteiger partial charge in [-0.05, 0) is 31.7 Å². The Morgan fingerprint density at radius 1 is 1.39 bits per heavy atom. The van der Waals surface area contributed by atoms with E-state index in [1.165, 1.54) is 32.1 Å². The lowest BCUT2D eigenvalue weighted by Gasteiger charge is -2.21. The lowest BCUT2D eigenvalue weighted by Crippen LogP contribution is -2.17. The summed E-state index contributed by atoms with van der Waals surface area (Å²) in [5.41, 5.74) is 7.01. The maximum atomic E-state index is 7.45. The van der Waals surface area contributed by atoms with Crippen molar-refractivity contribution in [1.82, 2.24) is 4.98 Å². The quantitative estimate of drug-likeness (QED) is 0.634. The number of pyridine rings is 1. The van der Waals surface area contributed by atoms with Gasteiger partial charge in [-0.2, -0.15) is 0 Å². The minimum absolute atomic E-state index is 0.0583. The van der Waals surface area contributed by atoms with Gasteiger partial charge in [-0.25, -0.2) is 4.98 Å². The average Bonchev–Trinajstić information content (AvgIpc) is 2.37. The highest BCUT2D eigenvalue weighted by Crippen LogP contribution is 2.24. The molecule has 18 heavy (non-hydrogen) atoms. The van der Waals surface area contributed by atoms with Crippen LogP contribution in [0.2, 0.25) is 0 Å². The molecule has 0 saturated heterocycles. The summed E-state index contributed by atoms with van der Waals surface area (Å²) in [6.45, 7) is 2.62. The highest BCUT2D eigenvalue weighted by molar-refractivity contribution is 5.95. The molecule has 1 fully saturated rings. The summed E-state index contributed by atoms with van der Waals surface area (Å²) in [4.78, 5) is 4.33. The molecule has 0 amide bonds. The normalized spacial score (nSPS) is 16.5. The van der Waals surface area contributed by atoms with E-state index in [0.717, 1.165) is 12.3 Å². The summed E-state index contributed by atoms with van der Waals surface area (Å²) in [6.07, 6.45) is 6.49. The van der Waals surface area contributed by atoms with Gasteiger partial charge in [0, 0.05) is 17.3 Å². The number of aromatic nitrogens is 1. The standard InChI is InChI=1S/C14H21N3O/c1-10-7-12(14(15)16)8-13(17-10)18-9-11-5-3-2-4-6-11/h7-8,11H,2-6,9H2,1H3,(H3,15,16). The zero-order chi connectivity index (χ0) is 13.0. The maximum absolute atomic E-state index is 7.45. The van der Waals surface area contributed by atoms with Gasteiger partial charge in [-0.3, -0.25) is 5.41 Å². The molecular weight excluding hydrogens is 226 g/mol. The van der Waals surface area contributed by atoms with Gasteiger partial charge in [-0.1, -0.05) is 19.3 Å². The fourth-order valence-corrected chi connectivity index (χ4v) is 2.42. The Morgan fingerprint density at radius 2 is 2.11 bits per heavy atom. The molecule has 98 valence electrons. The third kappa shape index (κ3) is 3.45. The molecule has 0 aromatic carbocycles. The Bertz CT molecular complexity index is 425. The Balaban J connectivity index is 1.97. The van der Waals surface area contributed by atoms with Gasteiger partial charge >= 0.3 is 0 Å². The third-order valence-corrected chi connectivity index (χ3v) is 3.43. The smallest absolute Gasteiger partial charge is 0.214 e. The van der Waals surface area contributed by atoms with Crippen molar-refractivity contribution in [3.8, 4) is 5.88 Å². The Labute approximate surface area is 108 Å². The molecule has 1 aromatic rings. The number of nitrogen functional groups attached to an aromatic ring is 1. The number of hydrogen-bond acceptors (Lipinski definition) is 3. The molecule has 4 nitrogen and oxygen atoms in total. The van der Waals surface area contributed by atoms with E-state index < -0.39 is 0 Å². The van der Waals surface area contributed by atoms with Crippen LogP contribution in [0.5, 0.6) is 5.88 Å². The van der Waals surface area contributed by atoms with E-state index in [2.05, 4.69) is 4.98 Å². The van der Waals surface area contributed by atoms with E-state index in [9.17, 15) is 0 Å². The molecule has 1 aliphatic carbocycles. The Morgan fingerprint density at radius 3 is 2.78 bits per heavy atom. The highest BCUT2D eigenvalue weighted by Gasteiger charge is 2.14. The average molecular weight is 247 g/mol. The lowest BCUT2D eigenvalue weighted by atomic mass is 9.90. The predicted molar refractivity (Wildman–Crippen MR) is 72.1 cm³/mol. The second kappa shape index (κ2) is 5.85. The van der Waals surface area contributed by atoms with Crippen LogP contribution in [-0.2, 0) is 0 Å².